The summed E-state index contributed by atoms with van der Waals surface area (Å²) in [6.07, 6.45) is 5.14. The molecule has 0 aliphatic heterocycles. The van der Waals surface area contributed by atoms with Gasteiger partial charge >= 0.3 is 0 Å². The highest BCUT2D eigenvalue weighted by Crippen LogP contribution is 2.20. The summed E-state index contributed by atoms with van der Waals surface area (Å²) in [5.41, 5.74) is 1.52. The van der Waals surface area contributed by atoms with E-state index in [2.05, 4.69) is 15.0 Å². The lowest BCUT2D eigenvalue weighted by Crippen LogP contribution is -2.26. The van der Waals surface area contributed by atoms with Gasteiger partial charge in [-0.3, -0.25) is 9.36 Å². The summed E-state index contributed by atoms with van der Waals surface area (Å²) in [6.45, 7) is 1.97. The smallest absolute Gasteiger partial charge is 0.220 e. The van der Waals surface area contributed by atoms with Crippen LogP contribution in [-0.2, 0) is 11.5 Å². The summed E-state index contributed by atoms with van der Waals surface area (Å²) >= 11 is 1.53. The number of thioether (sulfide) groups is 1. The van der Waals surface area contributed by atoms with E-state index in [9.17, 15) is 4.79 Å². The molecule has 0 bridgehead atoms. The lowest BCUT2D eigenvalue weighted by atomic mass is 10.5. The van der Waals surface area contributed by atoms with Crippen molar-refractivity contribution in [3.63, 3.8) is 0 Å². The quantitative estimate of drug-likeness (QED) is 0.601. The number of aromatic nitrogens is 4. The van der Waals surface area contributed by atoms with E-state index in [4.69, 9.17) is 0 Å². The van der Waals surface area contributed by atoms with Crippen LogP contribution in [-0.4, -0.2) is 43.6 Å². The van der Waals surface area contributed by atoms with E-state index in [0.717, 1.165) is 16.2 Å². The van der Waals surface area contributed by atoms with E-state index in [0.29, 0.717) is 6.67 Å². The molecule has 0 aliphatic carbocycles. The van der Waals surface area contributed by atoms with Gasteiger partial charge in [0, 0.05) is 14.0 Å². The third kappa shape index (κ3) is 2.23. The first-order valence-corrected chi connectivity index (χ1v) is 6.27. The van der Waals surface area contributed by atoms with Gasteiger partial charge in [-0.1, -0.05) is 0 Å². The molecule has 0 saturated heterocycles. The van der Waals surface area contributed by atoms with Crippen LogP contribution >= 0.6 is 11.8 Å². The minimum atomic E-state index is 0.00555. The molecule has 90 valence electrons. The molecule has 7 heteroatoms. The van der Waals surface area contributed by atoms with Gasteiger partial charge in [0.1, 0.15) is 16.9 Å². The molecule has 0 saturated carbocycles. The van der Waals surface area contributed by atoms with Crippen molar-refractivity contribution in [3.05, 3.63) is 12.7 Å². The minimum absolute atomic E-state index is 0.00555. The van der Waals surface area contributed by atoms with Crippen LogP contribution in [0.1, 0.15) is 6.92 Å². The molecular formula is C10H13N5OS. The number of nitrogens with zero attached hydrogens (tertiary/aromatic N) is 5. The van der Waals surface area contributed by atoms with Crippen molar-refractivity contribution in [2.24, 2.45) is 0 Å². The largest absolute Gasteiger partial charge is 0.328 e. The Balaban J connectivity index is 2.40. The Morgan fingerprint density at radius 2 is 2.24 bits per heavy atom. The fourth-order valence-electron chi connectivity index (χ4n) is 1.44. The molecule has 0 aliphatic rings. The van der Waals surface area contributed by atoms with E-state index >= 15 is 0 Å². The van der Waals surface area contributed by atoms with Crippen molar-refractivity contribution in [1.29, 1.82) is 0 Å². The van der Waals surface area contributed by atoms with Gasteiger partial charge in [0.15, 0.2) is 5.65 Å². The van der Waals surface area contributed by atoms with Gasteiger partial charge in [-0.2, -0.15) is 0 Å². The second-order valence-corrected chi connectivity index (χ2v) is 4.42. The van der Waals surface area contributed by atoms with Crippen LogP contribution in [0.2, 0.25) is 0 Å². The fraction of sp³-hybridized carbons (Fsp3) is 0.400. The maximum Gasteiger partial charge on any atom is 0.220 e. The van der Waals surface area contributed by atoms with Gasteiger partial charge in [0.25, 0.3) is 0 Å². The highest BCUT2D eigenvalue weighted by molar-refractivity contribution is 7.98. The molecule has 2 rings (SSSR count). The molecule has 2 aromatic heterocycles. The lowest BCUT2D eigenvalue weighted by Gasteiger charge is -2.15. The second kappa shape index (κ2) is 4.70. The zero-order valence-corrected chi connectivity index (χ0v) is 10.7. The number of rotatable bonds is 3. The molecule has 0 fully saturated rings. The van der Waals surface area contributed by atoms with Crippen LogP contribution in [0, 0.1) is 0 Å². The Morgan fingerprint density at radius 3 is 2.88 bits per heavy atom. The number of imidazole rings is 1. The van der Waals surface area contributed by atoms with Crippen LogP contribution in [0.3, 0.4) is 0 Å². The average Bonchev–Trinajstić information content (AvgIpc) is 2.72. The van der Waals surface area contributed by atoms with Crippen molar-refractivity contribution in [3.8, 4) is 0 Å². The summed E-state index contributed by atoms with van der Waals surface area (Å²) in [7, 11) is 1.74. The zero-order valence-electron chi connectivity index (χ0n) is 9.91. The van der Waals surface area contributed by atoms with Crippen LogP contribution < -0.4 is 0 Å². The first-order valence-electron chi connectivity index (χ1n) is 5.05. The third-order valence-electron chi connectivity index (χ3n) is 2.46. The summed E-state index contributed by atoms with van der Waals surface area (Å²) in [4.78, 5) is 25.4. The van der Waals surface area contributed by atoms with E-state index < -0.39 is 0 Å². The van der Waals surface area contributed by atoms with Crippen molar-refractivity contribution in [2.45, 2.75) is 18.6 Å². The zero-order chi connectivity index (χ0) is 12.4. The van der Waals surface area contributed by atoms with Crippen molar-refractivity contribution < 1.29 is 4.79 Å². The van der Waals surface area contributed by atoms with E-state index in [1.807, 2.05) is 10.8 Å². The molecule has 0 spiro atoms. The highest BCUT2D eigenvalue weighted by atomic mass is 32.2. The molecule has 2 heterocycles. The molecule has 1 amide bonds. The Bertz CT molecular complexity index is 553. The molecule has 6 nitrogen and oxygen atoms in total. The van der Waals surface area contributed by atoms with Crippen LogP contribution in [0.5, 0.6) is 0 Å². The Labute approximate surface area is 103 Å². The van der Waals surface area contributed by atoms with Crippen molar-refractivity contribution in [2.75, 3.05) is 13.3 Å². The van der Waals surface area contributed by atoms with Gasteiger partial charge in [-0.15, -0.1) is 11.8 Å². The van der Waals surface area contributed by atoms with E-state index in [-0.39, 0.29) is 5.91 Å². The van der Waals surface area contributed by atoms with Crippen molar-refractivity contribution >= 4 is 28.8 Å². The molecule has 0 N–H and O–H groups in total. The van der Waals surface area contributed by atoms with Gasteiger partial charge in [0.05, 0.1) is 13.0 Å². The molecule has 17 heavy (non-hydrogen) atoms. The standard InChI is InChI=1S/C10H13N5OS/c1-7(16)14(2)6-15-5-13-8-9(15)11-4-12-10(8)17-3/h4-5H,6H2,1-3H3. The Morgan fingerprint density at radius 1 is 1.47 bits per heavy atom. The van der Waals surface area contributed by atoms with E-state index in [1.54, 1.807) is 18.3 Å². The lowest BCUT2D eigenvalue weighted by molar-refractivity contribution is -0.128. The molecule has 2 aromatic rings. The number of fused-ring (bicyclic) bond motifs is 1. The fourth-order valence-corrected chi connectivity index (χ4v) is 1.93. The SMILES string of the molecule is CSc1ncnc2c1ncn2CN(C)C(C)=O. The first kappa shape index (κ1) is 11.8. The topological polar surface area (TPSA) is 63.9 Å². The number of amides is 1. The van der Waals surface area contributed by atoms with Crippen molar-refractivity contribution in [1.82, 2.24) is 24.4 Å². The van der Waals surface area contributed by atoms with Gasteiger partial charge in [0.2, 0.25) is 5.91 Å². The molecule has 0 radical (unpaired) electrons. The van der Waals surface area contributed by atoms with Gasteiger partial charge < -0.3 is 4.90 Å². The summed E-state index contributed by atoms with van der Waals surface area (Å²) in [5.74, 6) is 0.00555. The van der Waals surface area contributed by atoms with Crippen LogP contribution in [0.25, 0.3) is 11.2 Å². The summed E-state index contributed by atoms with van der Waals surface area (Å²) in [5, 5.41) is 0.847. The molecule has 0 atom stereocenters. The summed E-state index contributed by atoms with van der Waals surface area (Å²) < 4.78 is 1.83. The number of carbonyl (C=O) groups is 1. The maximum atomic E-state index is 11.2. The monoisotopic (exact) mass is 251 g/mol. The second-order valence-electron chi connectivity index (χ2n) is 3.63. The molecule has 0 unspecified atom stereocenters. The Kier molecular flexibility index (Phi) is 3.28. The van der Waals surface area contributed by atoms with Crippen LogP contribution in [0.4, 0.5) is 0 Å². The number of hydrogen-bond donors (Lipinski definition) is 0. The number of carbonyl (C=O) groups excluding carboxylic acids is 1. The third-order valence-corrected chi connectivity index (χ3v) is 3.15. The molecule has 0 aromatic carbocycles. The Hall–Kier alpha value is -1.63. The maximum absolute atomic E-state index is 11.2. The first-order chi connectivity index (χ1) is 8.13. The average molecular weight is 251 g/mol. The minimum Gasteiger partial charge on any atom is -0.328 e. The van der Waals surface area contributed by atoms with Gasteiger partial charge in [-0.05, 0) is 6.26 Å². The normalized spacial score (nSPS) is 10.8. The highest BCUT2D eigenvalue weighted by Gasteiger charge is 2.11. The predicted octanol–water partition coefficient (Wildman–Crippen LogP) is 0.984. The van der Waals surface area contributed by atoms with Gasteiger partial charge in [-0.25, -0.2) is 15.0 Å². The van der Waals surface area contributed by atoms with E-state index in [1.165, 1.54) is 25.0 Å². The van der Waals surface area contributed by atoms with Crippen LogP contribution in [0.15, 0.2) is 17.7 Å². The molecular weight excluding hydrogens is 238 g/mol. The summed E-state index contributed by atoms with van der Waals surface area (Å²) in [6, 6.07) is 0. The predicted molar refractivity (Wildman–Crippen MR) is 65.5 cm³/mol. The number of hydrogen-bond acceptors (Lipinski definition) is 5.